The number of hydrogen-bond donors (Lipinski definition) is 2. The van der Waals surface area contributed by atoms with Gasteiger partial charge in [-0.25, -0.2) is 0 Å². The lowest BCUT2D eigenvalue weighted by atomic mass is 10.0. The maximum Gasteiger partial charge on any atom is 0.303 e. The van der Waals surface area contributed by atoms with Crippen molar-refractivity contribution in [1.82, 2.24) is 0 Å². The summed E-state index contributed by atoms with van der Waals surface area (Å²) in [6, 6.07) is 0. The van der Waals surface area contributed by atoms with Gasteiger partial charge in [-0.1, -0.05) is 96.8 Å². The Hall–Kier alpha value is -0.900. The Morgan fingerprint density at radius 3 is 1.42 bits per heavy atom. The number of aliphatic carboxylic acids is 1. The van der Waals surface area contributed by atoms with Crippen LogP contribution >= 0.6 is 0 Å². The van der Waals surface area contributed by atoms with Crippen molar-refractivity contribution in [1.29, 1.82) is 0 Å². The van der Waals surface area contributed by atoms with E-state index < -0.39 is 12.1 Å². The van der Waals surface area contributed by atoms with E-state index >= 15 is 0 Å². The van der Waals surface area contributed by atoms with E-state index in [1.54, 1.807) is 0 Å². The van der Waals surface area contributed by atoms with Crippen LogP contribution in [0.5, 0.6) is 0 Å². The lowest BCUT2D eigenvalue weighted by Crippen LogP contribution is -2.21. The fraction of sp³-hybridized carbons (Fsp3) is 0.909. The third kappa shape index (κ3) is 17.9. The highest BCUT2D eigenvalue weighted by molar-refractivity contribution is 5.83. The molecule has 26 heavy (non-hydrogen) atoms. The molecule has 0 aromatic heterocycles. The molecule has 0 bridgehead atoms. The van der Waals surface area contributed by atoms with Crippen LogP contribution in [0.15, 0.2) is 0 Å². The number of hydrogen-bond acceptors (Lipinski definition) is 3. The SMILES string of the molecule is CCCCCCCCCCCCCCCCCC(=O)C(O)CCC(=O)O. The topological polar surface area (TPSA) is 74.6 Å². The van der Waals surface area contributed by atoms with E-state index in [0.717, 1.165) is 19.3 Å². The fourth-order valence-corrected chi connectivity index (χ4v) is 3.26. The molecule has 0 heterocycles. The molecule has 0 rings (SSSR count). The predicted octanol–water partition coefficient (Wildman–Crippen LogP) is 6.04. The van der Waals surface area contributed by atoms with Gasteiger partial charge >= 0.3 is 5.97 Å². The lowest BCUT2D eigenvalue weighted by Gasteiger charge is -2.08. The highest BCUT2D eigenvalue weighted by Crippen LogP contribution is 2.14. The number of ketones is 1. The van der Waals surface area contributed by atoms with Gasteiger partial charge in [-0.15, -0.1) is 0 Å². The first-order chi connectivity index (χ1) is 12.6. The summed E-state index contributed by atoms with van der Waals surface area (Å²) in [5.74, 6) is -1.18. The third-order valence-electron chi connectivity index (χ3n) is 5.03. The van der Waals surface area contributed by atoms with Gasteiger partial charge < -0.3 is 10.2 Å². The van der Waals surface area contributed by atoms with Crippen LogP contribution in [0.2, 0.25) is 0 Å². The van der Waals surface area contributed by atoms with E-state index in [-0.39, 0.29) is 18.6 Å². The van der Waals surface area contributed by atoms with Crippen LogP contribution in [0.4, 0.5) is 0 Å². The average Bonchev–Trinajstić information content (AvgIpc) is 2.62. The van der Waals surface area contributed by atoms with E-state index in [1.165, 1.54) is 77.0 Å². The van der Waals surface area contributed by atoms with Crippen molar-refractivity contribution in [2.45, 2.75) is 129 Å². The molecule has 0 amide bonds. The van der Waals surface area contributed by atoms with Gasteiger partial charge in [0.2, 0.25) is 0 Å². The summed E-state index contributed by atoms with van der Waals surface area (Å²) in [4.78, 5) is 22.1. The Balaban J connectivity index is 3.24. The number of carbonyl (C=O) groups is 2. The second kappa shape index (κ2) is 18.9. The van der Waals surface area contributed by atoms with Gasteiger partial charge in [0.05, 0.1) is 0 Å². The van der Waals surface area contributed by atoms with E-state index in [0.29, 0.717) is 6.42 Å². The average molecular weight is 371 g/mol. The normalized spacial score (nSPS) is 12.2. The first kappa shape index (κ1) is 25.1. The summed E-state index contributed by atoms with van der Waals surface area (Å²) in [7, 11) is 0. The lowest BCUT2D eigenvalue weighted by molar-refractivity contribution is -0.138. The largest absolute Gasteiger partial charge is 0.481 e. The number of rotatable bonds is 20. The minimum atomic E-state index is -1.10. The Bertz CT molecular complexity index is 341. The van der Waals surface area contributed by atoms with E-state index in [4.69, 9.17) is 5.11 Å². The number of carboxylic acids is 1. The van der Waals surface area contributed by atoms with Crippen molar-refractivity contribution < 1.29 is 19.8 Å². The Kier molecular flexibility index (Phi) is 18.2. The second-order valence-corrected chi connectivity index (χ2v) is 7.61. The van der Waals surface area contributed by atoms with Gasteiger partial charge in [0.15, 0.2) is 5.78 Å². The molecule has 2 N–H and O–H groups in total. The first-order valence-electron chi connectivity index (χ1n) is 11.0. The number of carboxylic acid groups (broad SMARTS) is 1. The summed E-state index contributed by atoms with van der Waals surface area (Å²) in [6.45, 7) is 2.26. The Morgan fingerprint density at radius 1 is 0.654 bits per heavy atom. The molecule has 0 spiro atoms. The molecule has 0 aliphatic rings. The molecular weight excluding hydrogens is 328 g/mol. The third-order valence-corrected chi connectivity index (χ3v) is 5.03. The van der Waals surface area contributed by atoms with Gasteiger partial charge in [-0.05, 0) is 12.8 Å². The molecule has 0 aromatic rings. The van der Waals surface area contributed by atoms with Gasteiger partial charge in [-0.2, -0.15) is 0 Å². The molecule has 4 heteroatoms. The van der Waals surface area contributed by atoms with E-state index in [9.17, 15) is 14.7 Å². The van der Waals surface area contributed by atoms with Crippen molar-refractivity contribution in [3.8, 4) is 0 Å². The first-order valence-corrected chi connectivity index (χ1v) is 11.0. The molecule has 0 aliphatic carbocycles. The molecule has 0 aromatic carbocycles. The predicted molar refractivity (Wildman–Crippen MR) is 107 cm³/mol. The van der Waals surface area contributed by atoms with Crippen molar-refractivity contribution >= 4 is 11.8 Å². The zero-order valence-electron chi connectivity index (χ0n) is 17.0. The standard InChI is InChI=1S/C22H42O4/c1-2-3-4-5-6-7-8-9-10-11-12-13-14-15-16-17-20(23)21(24)18-19-22(25)26/h21,24H,2-19H2,1H3,(H,25,26). The van der Waals surface area contributed by atoms with Crippen LogP contribution < -0.4 is 0 Å². The van der Waals surface area contributed by atoms with Gasteiger partial charge in [0.25, 0.3) is 0 Å². The van der Waals surface area contributed by atoms with Crippen LogP contribution in [-0.4, -0.2) is 28.1 Å². The monoisotopic (exact) mass is 370 g/mol. The molecule has 0 saturated carbocycles. The summed E-state index contributed by atoms with van der Waals surface area (Å²) >= 11 is 0. The molecule has 0 aliphatic heterocycles. The molecule has 0 fully saturated rings. The number of aliphatic hydroxyl groups is 1. The van der Waals surface area contributed by atoms with Crippen LogP contribution in [0, 0.1) is 0 Å². The number of Topliss-reactive ketones (excluding diaryl/α,β-unsaturated/α-hetero) is 1. The molecule has 0 radical (unpaired) electrons. The van der Waals surface area contributed by atoms with Crippen LogP contribution in [-0.2, 0) is 9.59 Å². The quantitative estimate of drug-likeness (QED) is 0.256. The number of unbranched alkanes of at least 4 members (excludes halogenated alkanes) is 14. The number of aliphatic hydroxyl groups excluding tert-OH is 1. The second-order valence-electron chi connectivity index (χ2n) is 7.61. The summed E-state index contributed by atoms with van der Waals surface area (Å²) in [5, 5.41) is 18.1. The summed E-state index contributed by atoms with van der Waals surface area (Å²) in [5.41, 5.74) is 0. The van der Waals surface area contributed by atoms with Gasteiger partial charge in [0.1, 0.15) is 6.10 Å². The smallest absolute Gasteiger partial charge is 0.303 e. The maximum atomic E-state index is 11.6. The maximum absolute atomic E-state index is 11.6. The van der Waals surface area contributed by atoms with Crippen LogP contribution in [0.25, 0.3) is 0 Å². The van der Waals surface area contributed by atoms with Crippen LogP contribution in [0.1, 0.15) is 122 Å². The number of carbonyl (C=O) groups excluding carboxylic acids is 1. The zero-order valence-corrected chi connectivity index (χ0v) is 17.0. The summed E-state index contributed by atoms with van der Waals surface area (Å²) < 4.78 is 0. The van der Waals surface area contributed by atoms with Gasteiger partial charge in [-0.3, -0.25) is 9.59 Å². The van der Waals surface area contributed by atoms with E-state index in [2.05, 4.69) is 6.92 Å². The fourth-order valence-electron chi connectivity index (χ4n) is 3.26. The van der Waals surface area contributed by atoms with Crippen molar-refractivity contribution in [2.75, 3.05) is 0 Å². The highest BCUT2D eigenvalue weighted by atomic mass is 16.4. The summed E-state index contributed by atoms with van der Waals surface area (Å²) in [6.07, 6.45) is 18.4. The minimum Gasteiger partial charge on any atom is -0.481 e. The molecule has 1 unspecified atom stereocenters. The molecule has 0 saturated heterocycles. The van der Waals surface area contributed by atoms with Crippen molar-refractivity contribution in [3.05, 3.63) is 0 Å². The Morgan fingerprint density at radius 2 is 1.04 bits per heavy atom. The van der Waals surface area contributed by atoms with Gasteiger partial charge in [0, 0.05) is 12.8 Å². The zero-order chi connectivity index (χ0) is 19.5. The molecule has 4 nitrogen and oxygen atoms in total. The molecule has 1 atom stereocenters. The van der Waals surface area contributed by atoms with Crippen molar-refractivity contribution in [2.24, 2.45) is 0 Å². The highest BCUT2D eigenvalue weighted by Gasteiger charge is 2.15. The molecular formula is C22H42O4. The van der Waals surface area contributed by atoms with Crippen LogP contribution in [0.3, 0.4) is 0 Å². The minimum absolute atomic E-state index is 0.0346. The molecule has 154 valence electrons. The van der Waals surface area contributed by atoms with Crippen molar-refractivity contribution in [3.63, 3.8) is 0 Å². The van der Waals surface area contributed by atoms with E-state index in [1.807, 2.05) is 0 Å². The Labute approximate surface area is 160 Å².